The molecule has 0 saturated carbocycles. The van der Waals surface area contributed by atoms with Crippen molar-refractivity contribution < 1.29 is 9.53 Å². The lowest BCUT2D eigenvalue weighted by atomic mass is 10.5. The Balaban J connectivity index is 2.32. The molecule has 0 fully saturated rings. The molecular formula is C8H7N5O2. The van der Waals surface area contributed by atoms with Crippen LogP contribution < -0.4 is 0 Å². The van der Waals surface area contributed by atoms with E-state index in [4.69, 9.17) is 0 Å². The molecule has 0 radical (unpaired) electrons. The van der Waals surface area contributed by atoms with Gasteiger partial charge < -0.3 is 4.74 Å². The molecule has 76 valence electrons. The molecule has 0 aliphatic rings. The van der Waals surface area contributed by atoms with Crippen LogP contribution in [0.3, 0.4) is 0 Å². The summed E-state index contributed by atoms with van der Waals surface area (Å²) >= 11 is 0. The van der Waals surface area contributed by atoms with Crippen LogP contribution in [-0.2, 0) is 4.74 Å². The molecule has 0 spiro atoms. The van der Waals surface area contributed by atoms with E-state index in [1.54, 1.807) is 18.3 Å². The predicted molar refractivity (Wildman–Crippen MR) is 48.3 cm³/mol. The van der Waals surface area contributed by atoms with E-state index in [0.29, 0.717) is 5.82 Å². The Morgan fingerprint density at radius 1 is 1.47 bits per heavy atom. The highest BCUT2D eigenvalue weighted by Crippen LogP contribution is 2.01. The first-order valence-electron chi connectivity index (χ1n) is 4.10. The van der Waals surface area contributed by atoms with Crippen molar-refractivity contribution in [2.75, 3.05) is 7.11 Å². The van der Waals surface area contributed by atoms with Gasteiger partial charge in [-0.2, -0.15) is 9.78 Å². The average Bonchev–Trinajstić information content (AvgIpc) is 2.78. The van der Waals surface area contributed by atoms with Crippen LogP contribution >= 0.6 is 0 Å². The van der Waals surface area contributed by atoms with Crippen molar-refractivity contribution in [1.29, 1.82) is 0 Å². The van der Waals surface area contributed by atoms with E-state index >= 15 is 0 Å². The number of rotatable bonds is 2. The first-order chi connectivity index (χ1) is 7.31. The van der Waals surface area contributed by atoms with Gasteiger partial charge in [0, 0.05) is 6.20 Å². The maximum Gasteiger partial charge on any atom is 0.360 e. The highest BCUT2D eigenvalue weighted by molar-refractivity contribution is 5.86. The first kappa shape index (κ1) is 9.25. The smallest absolute Gasteiger partial charge is 0.360 e. The lowest BCUT2D eigenvalue weighted by molar-refractivity contribution is 0.0594. The fourth-order valence-electron chi connectivity index (χ4n) is 0.989. The molecule has 0 aromatic carbocycles. The third-order valence-corrected chi connectivity index (χ3v) is 1.68. The first-order valence-corrected chi connectivity index (χ1v) is 4.10. The van der Waals surface area contributed by atoms with Gasteiger partial charge in [-0.1, -0.05) is 5.21 Å². The molecule has 0 amide bonds. The van der Waals surface area contributed by atoms with Gasteiger partial charge in [0.2, 0.25) is 0 Å². The monoisotopic (exact) mass is 205 g/mol. The summed E-state index contributed by atoms with van der Waals surface area (Å²) in [6, 6.07) is 3.41. The summed E-state index contributed by atoms with van der Waals surface area (Å²) in [5.41, 5.74) is 0.128. The summed E-state index contributed by atoms with van der Waals surface area (Å²) in [7, 11) is 1.28. The summed E-state index contributed by atoms with van der Waals surface area (Å²) in [6.45, 7) is 0. The Labute approximate surface area is 84.7 Å². The van der Waals surface area contributed by atoms with Crippen LogP contribution in [0.2, 0.25) is 0 Å². The van der Waals surface area contributed by atoms with Gasteiger partial charge in [0.15, 0.2) is 11.5 Å². The minimum Gasteiger partial charge on any atom is -0.464 e. The number of ether oxygens (including phenoxy) is 1. The van der Waals surface area contributed by atoms with Crippen LogP contribution in [0.25, 0.3) is 5.82 Å². The molecule has 7 nitrogen and oxygen atoms in total. The van der Waals surface area contributed by atoms with Gasteiger partial charge in [-0.25, -0.2) is 4.79 Å². The Morgan fingerprint density at radius 3 is 3.00 bits per heavy atom. The standard InChI is InChI=1S/C8H7N5O2/c1-15-8(14)6-5-13(12-10-6)7-3-2-4-9-11-7/h2-5H,1H3. The summed E-state index contributed by atoms with van der Waals surface area (Å²) in [4.78, 5) is 11.1. The SMILES string of the molecule is COC(=O)c1cn(-c2cccnn2)nn1. The average molecular weight is 205 g/mol. The minimum atomic E-state index is -0.537. The number of hydrogen-bond donors (Lipinski definition) is 0. The third kappa shape index (κ3) is 1.80. The Morgan fingerprint density at radius 2 is 2.33 bits per heavy atom. The molecule has 2 heterocycles. The van der Waals surface area contributed by atoms with E-state index in [9.17, 15) is 4.79 Å². The molecule has 15 heavy (non-hydrogen) atoms. The van der Waals surface area contributed by atoms with E-state index in [1.165, 1.54) is 18.0 Å². The molecule has 0 atom stereocenters. The number of hydrogen-bond acceptors (Lipinski definition) is 6. The van der Waals surface area contributed by atoms with Crippen molar-refractivity contribution in [3.8, 4) is 5.82 Å². The van der Waals surface area contributed by atoms with Crippen molar-refractivity contribution in [2.24, 2.45) is 0 Å². The van der Waals surface area contributed by atoms with Crippen LogP contribution in [0, 0.1) is 0 Å². The molecule has 0 unspecified atom stereocenters. The lowest BCUT2D eigenvalue weighted by Gasteiger charge is -1.94. The van der Waals surface area contributed by atoms with E-state index in [2.05, 4.69) is 25.2 Å². The molecule has 0 aliphatic carbocycles. The van der Waals surface area contributed by atoms with Crippen molar-refractivity contribution in [1.82, 2.24) is 25.2 Å². The second-order valence-corrected chi connectivity index (χ2v) is 2.62. The minimum absolute atomic E-state index is 0.128. The zero-order chi connectivity index (χ0) is 10.7. The van der Waals surface area contributed by atoms with E-state index in [1.807, 2.05) is 0 Å². The van der Waals surface area contributed by atoms with Crippen molar-refractivity contribution in [3.63, 3.8) is 0 Å². The second kappa shape index (κ2) is 3.82. The highest BCUT2D eigenvalue weighted by Gasteiger charge is 2.11. The zero-order valence-corrected chi connectivity index (χ0v) is 7.86. The molecule has 0 aliphatic heterocycles. The zero-order valence-electron chi connectivity index (χ0n) is 7.86. The van der Waals surface area contributed by atoms with Gasteiger partial charge in [0.25, 0.3) is 0 Å². The predicted octanol–water partition coefficient (Wildman–Crippen LogP) is -0.156. The van der Waals surface area contributed by atoms with E-state index in [-0.39, 0.29) is 5.69 Å². The highest BCUT2D eigenvalue weighted by atomic mass is 16.5. The van der Waals surface area contributed by atoms with Gasteiger partial charge in [-0.15, -0.1) is 10.2 Å². The number of nitrogens with zero attached hydrogens (tertiary/aromatic N) is 5. The molecular weight excluding hydrogens is 198 g/mol. The molecule has 0 bridgehead atoms. The summed E-state index contributed by atoms with van der Waals surface area (Å²) in [6.07, 6.45) is 2.97. The van der Waals surface area contributed by atoms with E-state index in [0.717, 1.165) is 0 Å². The van der Waals surface area contributed by atoms with Gasteiger partial charge >= 0.3 is 5.97 Å². The number of carbonyl (C=O) groups excluding carboxylic acids is 1. The summed E-state index contributed by atoms with van der Waals surface area (Å²) in [5.74, 6) is -0.0507. The van der Waals surface area contributed by atoms with Crippen LogP contribution in [0.1, 0.15) is 10.5 Å². The lowest BCUT2D eigenvalue weighted by Crippen LogP contribution is -2.01. The topological polar surface area (TPSA) is 82.8 Å². The molecule has 2 aromatic rings. The third-order valence-electron chi connectivity index (χ3n) is 1.68. The number of carbonyl (C=O) groups is 1. The normalized spacial score (nSPS) is 9.93. The van der Waals surface area contributed by atoms with Gasteiger partial charge in [-0.05, 0) is 12.1 Å². The van der Waals surface area contributed by atoms with Crippen molar-refractivity contribution in [3.05, 3.63) is 30.2 Å². The van der Waals surface area contributed by atoms with Crippen LogP contribution in [-0.4, -0.2) is 38.3 Å². The molecule has 0 N–H and O–H groups in total. The molecule has 2 aromatic heterocycles. The maximum absolute atomic E-state index is 11.1. The van der Waals surface area contributed by atoms with Crippen molar-refractivity contribution in [2.45, 2.75) is 0 Å². The van der Waals surface area contributed by atoms with Crippen LogP contribution in [0.4, 0.5) is 0 Å². The van der Waals surface area contributed by atoms with Gasteiger partial charge in [-0.3, -0.25) is 0 Å². The van der Waals surface area contributed by atoms with Gasteiger partial charge in [0.05, 0.1) is 13.3 Å². The molecule has 7 heteroatoms. The Hall–Kier alpha value is -2.31. The second-order valence-electron chi connectivity index (χ2n) is 2.62. The van der Waals surface area contributed by atoms with Crippen molar-refractivity contribution >= 4 is 5.97 Å². The Bertz CT molecular complexity index is 467. The fourth-order valence-corrected chi connectivity index (χ4v) is 0.989. The fraction of sp³-hybridized carbons (Fsp3) is 0.125. The number of esters is 1. The van der Waals surface area contributed by atoms with Gasteiger partial charge in [0.1, 0.15) is 0 Å². The van der Waals surface area contributed by atoms with Crippen LogP contribution in [0.5, 0.6) is 0 Å². The maximum atomic E-state index is 11.1. The number of aromatic nitrogens is 5. The Kier molecular flexibility index (Phi) is 2.36. The number of methoxy groups -OCH3 is 1. The van der Waals surface area contributed by atoms with Crippen LogP contribution in [0.15, 0.2) is 24.5 Å². The largest absolute Gasteiger partial charge is 0.464 e. The summed E-state index contributed by atoms with van der Waals surface area (Å²) < 4.78 is 5.84. The molecule has 2 rings (SSSR count). The summed E-state index contributed by atoms with van der Waals surface area (Å²) in [5, 5.41) is 14.8. The van der Waals surface area contributed by atoms with E-state index < -0.39 is 5.97 Å². The quantitative estimate of drug-likeness (QED) is 0.634. The molecule has 0 saturated heterocycles.